The zero-order chi connectivity index (χ0) is 25.5. The van der Waals surface area contributed by atoms with Crippen molar-refractivity contribution in [2.75, 3.05) is 6.61 Å². The predicted octanol–water partition coefficient (Wildman–Crippen LogP) is 3.34. The van der Waals surface area contributed by atoms with Crippen LogP contribution < -0.4 is 0 Å². The number of aliphatic hydroxyl groups excluding tert-OH is 5. The Morgan fingerprint density at radius 1 is 0.636 bits per heavy atom. The zero-order valence-electron chi connectivity index (χ0n) is 20.8. The quantitative estimate of drug-likeness (QED) is 0.137. The standard InChI is InChI=1S/C18H36O2.C7H14O6/c1-2-3-4-5-6-7-8-9-10-11-12-13-14-15-16-17-18(19)20;1-3(9)5(11)7(13)6(12)4(10)2-8/h2-17H2,1H3,(H,19,20);4-8,10-13H,2H2,1H3/t;4-,5+,6-,7-/m.1/s1. The van der Waals surface area contributed by atoms with E-state index in [1.54, 1.807) is 0 Å². The molecule has 198 valence electrons. The van der Waals surface area contributed by atoms with E-state index in [0.29, 0.717) is 6.42 Å². The molecule has 0 aliphatic carbocycles. The van der Waals surface area contributed by atoms with E-state index in [-0.39, 0.29) is 0 Å². The minimum atomic E-state index is -1.79. The Morgan fingerprint density at radius 2 is 1.00 bits per heavy atom. The highest BCUT2D eigenvalue weighted by Gasteiger charge is 2.32. The largest absolute Gasteiger partial charge is 0.481 e. The molecule has 0 spiro atoms. The molecule has 6 N–H and O–H groups in total. The summed E-state index contributed by atoms with van der Waals surface area (Å²) >= 11 is 0. The highest BCUT2D eigenvalue weighted by molar-refractivity contribution is 5.80. The molecular weight excluding hydrogens is 428 g/mol. The smallest absolute Gasteiger partial charge is 0.303 e. The maximum absolute atomic E-state index is 10.5. The molecule has 4 atom stereocenters. The first kappa shape index (κ1) is 34.1. The number of hydrogen-bond donors (Lipinski definition) is 6. The molecule has 8 heteroatoms. The van der Waals surface area contributed by atoms with Crippen LogP contribution in [0.2, 0.25) is 0 Å². The summed E-state index contributed by atoms with van der Waals surface area (Å²) in [6.07, 6.45) is 13.3. The van der Waals surface area contributed by atoms with Crippen molar-refractivity contribution < 1.29 is 40.2 Å². The Morgan fingerprint density at radius 3 is 1.30 bits per heavy atom. The van der Waals surface area contributed by atoms with Gasteiger partial charge in [0.05, 0.1) is 6.61 Å². The summed E-state index contributed by atoms with van der Waals surface area (Å²) in [6.45, 7) is 2.54. The van der Waals surface area contributed by atoms with Crippen LogP contribution in [0.4, 0.5) is 0 Å². The number of Topliss-reactive ketones (excluding diaryl/α,β-unsaturated/α-hetero) is 1. The van der Waals surface area contributed by atoms with Gasteiger partial charge in [0.15, 0.2) is 5.78 Å². The summed E-state index contributed by atoms with van der Waals surface area (Å²) in [5.41, 5.74) is 0. The van der Waals surface area contributed by atoms with Crippen molar-refractivity contribution in [2.24, 2.45) is 0 Å². The second-order valence-corrected chi connectivity index (χ2v) is 8.88. The summed E-state index contributed by atoms with van der Waals surface area (Å²) in [7, 11) is 0. The van der Waals surface area contributed by atoms with E-state index in [4.69, 9.17) is 30.6 Å². The molecular formula is C25H50O8. The van der Waals surface area contributed by atoms with Gasteiger partial charge in [0.25, 0.3) is 0 Å². The van der Waals surface area contributed by atoms with Crippen molar-refractivity contribution in [3.8, 4) is 0 Å². The minimum absolute atomic E-state index is 0.345. The average Bonchev–Trinajstić information content (AvgIpc) is 2.79. The fourth-order valence-electron chi connectivity index (χ4n) is 3.41. The number of carbonyl (C=O) groups is 2. The summed E-state index contributed by atoms with van der Waals surface area (Å²) in [5.74, 6) is -1.38. The van der Waals surface area contributed by atoms with Crippen LogP contribution in [0.3, 0.4) is 0 Å². The molecule has 33 heavy (non-hydrogen) atoms. The highest BCUT2D eigenvalue weighted by atomic mass is 16.4. The van der Waals surface area contributed by atoms with Gasteiger partial charge in [0, 0.05) is 6.42 Å². The molecule has 0 aliphatic rings. The van der Waals surface area contributed by atoms with E-state index in [2.05, 4.69) is 6.92 Å². The third kappa shape index (κ3) is 22.5. The average molecular weight is 479 g/mol. The minimum Gasteiger partial charge on any atom is -0.481 e. The van der Waals surface area contributed by atoms with Crippen LogP contribution in [-0.4, -0.2) is 73.4 Å². The van der Waals surface area contributed by atoms with Gasteiger partial charge in [0.1, 0.15) is 24.4 Å². The summed E-state index contributed by atoms with van der Waals surface area (Å²) < 4.78 is 0. The second kappa shape index (κ2) is 24.1. The second-order valence-electron chi connectivity index (χ2n) is 8.88. The van der Waals surface area contributed by atoms with Crippen LogP contribution in [0.5, 0.6) is 0 Å². The molecule has 0 aromatic carbocycles. The first-order chi connectivity index (χ1) is 15.7. The SMILES string of the molecule is CC(=O)[C@H](O)[C@@H](O)[C@H](O)[C@H](O)CO.CCCCCCCCCCCCCCCCCC(=O)O. The molecule has 0 aromatic heterocycles. The Balaban J connectivity index is 0. The lowest BCUT2D eigenvalue weighted by Gasteiger charge is -2.23. The molecule has 0 saturated heterocycles. The summed E-state index contributed by atoms with van der Waals surface area (Å²) in [6, 6.07) is 0. The molecule has 0 aliphatic heterocycles. The molecule has 0 bridgehead atoms. The van der Waals surface area contributed by atoms with Crippen molar-refractivity contribution in [3.63, 3.8) is 0 Å². The lowest BCUT2D eigenvalue weighted by molar-refractivity contribution is -0.145. The maximum atomic E-state index is 10.5. The van der Waals surface area contributed by atoms with Crippen LogP contribution in [-0.2, 0) is 9.59 Å². The van der Waals surface area contributed by atoms with Crippen molar-refractivity contribution in [1.82, 2.24) is 0 Å². The fourth-order valence-corrected chi connectivity index (χ4v) is 3.41. The summed E-state index contributed by atoms with van der Waals surface area (Å²) in [4.78, 5) is 20.9. The van der Waals surface area contributed by atoms with Gasteiger partial charge < -0.3 is 30.6 Å². The molecule has 0 radical (unpaired) electrons. The third-order valence-electron chi connectivity index (χ3n) is 5.67. The first-order valence-electron chi connectivity index (χ1n) is 12.7. The number of carboxylic acids is 1. The molecule has 0 aromatic rings. The van der Waals surface area contributed by atoms with E-state index in [1.807, 2.05) is 0 Å². The first-order valence-corrected chi connectivity index (χ1v) is 12.7. The Bertz CT molecular complexity index is 458. The van der Waals surface area contributed by atoms with E-state index in [9.17, 15) is 9.59 Å². The van der Waals surface area contributed by atoms with Gasteiger partial charge in [-0.05, 0) is 13.3 Å². The van der Waals surface area contributed by atoms with E-state index >= 15 is 0 Å². The Kier molecular flexibility index (Phi) is 24.9. The molecule has 0 heterocycles. The zero-order valence-corrected chi connectivity index (χ0v) is 20.8. The van der Waals surface area contributed by atoms with Crippen molar-refractivity contribution in [1.29, 1.82) is 0 Å². The van der Waals surface area contributed by atoms with Gasteiger partial charge in [-0.1, -0.05) is 96.8 Å². The van der Waals surface area contributed by atoms with E-state index < -0.39 is 42.8 Å². The maximum Gasteiger partial charge on any atom is 0.303 e. The molecule has 0 amide bonds. The number of ketones is 1. The fraction of sp³-hybridized carbons (Fsp3) is 0.920. The van der Waals surface area contributed by atoms with E-state index in [0.717, 1.165) is 19.8 Å². The van der Waals surface area contributed by atoms with Crippen LogP contribution in [0.1, 0.15) is 117 Å². The van der Waals surface area contributed by atoms with Crippen LogP contribution in [0.25, 0.3) is 0 Å². The number of unbranched alkanes of at least 4 members (excludes halogenated alkanes) is 14. The number of aliphatic hydroxyl groups is 5. The third-order valence-corrected chi connectivity index (χ3v) is 5.67. The van der Waals surface area contributed by atoms with Gasteiger partial charge in [0.2, 0.25) is 0 Å². The van der Waals surface area contributed by atoms with Gasteiger partial charge in [-0.15, -0.1) is 0 Å². The topological polar surface area (TPSA) is 156 Å². The Labute approximate surface area is 200 Å². The predicted molar refractivity (Wildman–Crippen MR) is 129 cm³/mol. The van der Waals surface area contributed by atoms with Crippen molar-refractivity contribution in [3.05, 3.63) is 0 Å². The van der Waals surface area contributed by atoms with Gasteiger partial charge in [-0.25, -0.2) is 0 Å². The normalized spacial score (nSPS) is 14.6. The lowest BCUT2D eigenvalue weighted by Crippen LogP contribution is -2.48. The van der Waals surface area contributed by atoms with Crippen LogP contribution in [0, 0.1) is 0 Å². The monoisotopic (exact) mass is 478 g/mol. The molecule has 8 nitrogen and oxygen atoms in total. The number of carbonyl (C=O) groups excluding carboxylic acids is 1. The van der Waals surface area contributed by atoms with Crippen LogP contribution in [0.15, 0.2) is 0 Å². The number of carboxylic acid groups (broad SMARTS) is 1. The number of rotatable bonds is 21. The van der Waals surface area contributed by atoms with Gasteiger partial charge >= 0.3 is 5.97 Å². The van der Waals surface area contributed by atoms with Crippen LogP contribution >= 0.6 is 0 Å². The molecule has 0 unspecified atom stereocenters. The molecule has 0 saturated carbocycles. The van der Waals surface area contributed by atoms with Gasteiger partial charge in [-0.2, -0.15) is 0 Å². The molecule has 0 fully saturated rings. The van der Waals surface area contributed by atoms with Crippen molar-refractivity contribution >= 4 is 11.8 Å². The van der Waals surface area contributed by atoms with E-state index in [1.165, 1.54) is 83.5 Å². The number of hydrogen-bond acceptors (Lipinski definition) is 7. The highest BCUT2D eigenvalue weighted by Crippen LogP contribution is 2.13. The summed E-state index contributed by atoms with van der Waals surface area (Å²) in [5, 5.41) is 52.8. The Hall–Kier alpha value is -1.06. The molecule has 0 rings (SSSR count). The van der Waals surface area contributed by atoms with Gasteiger partial charge in [-0.3, -0.25) is 9.59 Å². The number of aliphatic carboxylic acids is 1. The van der Waals surface area contributed by atoms with Crippen molar-refractivity contribution in [2.45, 2.75) is 141 Å². The lowest BCUT2D eigenvalue weighted by atomic mass is 10.0.